The van der Waals surface area contributed by atoms with E-state index in [4.69, 9.17) is 9.47 Å². The molecule has 2 aromatic carbocycles. The summed E-state index contributed by atoms with van der Waals surface area (Å²) in [6, 6.07) is 4.59. The third-order valence-electron chi connectivity index (χ3n) is 6.63. The summed E-state index contributed by atoms with van der Waals surface area (Å²) in [4.78, 5) is 25.4. The first-order chi connectivity index (χ1) is 15.9. The largest absolute Gasteiger partial charge is 0.452 e. The van der Waals surface area contributed by atoms with Gasteiger partial charge >= 0.3 is 5.97 Å². The molecular formula is C25H32N2O6S. The number of esters is 1. The number of ether oxygens (including phenoxy) is 2. The molecule has 0 radical (unpaired) electrons. The fourth-order valence-corrected chi connectivity index (χ4v) is 5.46. The third-order valence-corrected chi connectivity index (χ3v) is 8.52. The second-order valence-corrected chi connectivity index (χ2v) is 10.6. The van der Waals surface area contributed by atoms with E-state index in [1.807, 2.05) is 34.6 Å². The summed E-state index contributed by atoms with van der Waals surface area (Å²) in [5.41, 5.74) is 6.37. The van der Waals surface area contributed by atoms with Crippen LogP contribution in [0.15, 0.2) is 23.1 Å². The van der Waals surface area contributed by atoms with E-state index in [1.54, 1.807) is 13.0 Å². The van der Waals surface area contributed by atoms with Crippen molar-refractivity contribution in [3.05, 3.63) is 57.1 Å². The zero-order valence-corrected chi connectivity index (χ0v) is 21.4. The average Bonchev–Trinajstić information content (AvgIpc) is 2.82. The minimum Gasteiger partial charge on any atom is -0.452 e. The quantitative estimate of drug-likeness (QED) is 0.626. The number of aryl methyl sites for hydroxylation is 1. The van der Waals surface area contributed by atoms with Gasteiger partial charge in [0.05, 0.1) is 23.7 Å². The normalized spacial score (nSPS) is 14.6. The van der Waals surface area contributed by atoms with Gasteiger partial charge in [0.25, 0.3) is 5.91 Å². The summed E-state index contributed by atoms with van der Waals surface area (Å²) in [5.74, 6) is -1.11. The van der Waals surface area contributed by atoms with Gasteiger partial charge in [0.15, 0.2) is 6.61 Å². The van der Waals surface area contributed by atoms with Crippen molar-refractivity contribution in [2.45, 2.75) is 46.4 Å². The Balaban J connectivity index is 1.72. The van der Waals surface area contributed by atoms with Gasteiger partial charge < -0.3 is 14.8 Å². The van der Waals surface area contributed by atoms with Crippen LogP contribution in [0.5, 0.6) is 0 Å². The van der Waals surface area contributed by atoms with Crippen molar-refractivity contribution in [3.8, 4) is 0 Å². The molecule has 0 bridgehead atoms. The molecule has 0 unspecified atom stereocenters. The Hall–Kier alpha value is -2.75. The van der Waals surface area contributed by atoms with Crippen molar-refractivity contribution in [1.29, 1.82) is 0 Å². The van der Waals surface area contributed by atoms with Crippen molar-refractivity contribution in [2.75, 3.05) is 38.2 Å². The van der Waals surface area contributed by atoms with E-state index in [9.17, 15) is 18.0 Å². The van der Waals surface area contributed by atoms with Gasteiger partial charge in [-0.1, -0.05) is 6.07 Å². The smallest absolute Gasteiger partial charge is 0.339 e. The second-order valence-electron chi connectivity index (χ2n) is 8.62. The molecule has 34 heavy (non-hydrogen) atoms. The van der Waals surface area contributed by atoms with Crippen LogP contribution in [-0.2, 0) is 24.3 Å². The zero-order chi connectivity index (χ0) is 25.2. The third kappa shape index (κ3) is 5.16. The van der Waals surface area contributed by atoms with Crippen LogP contribution >= 0.6 is 0 Å². The molecular weight excluding hydrogens is 456 g/mol. The number of sulfonamides is 1. The number of benzene rings is 2. The highest BCUT2D eigenvalue weighted by molar-refractivity contribution is 7.89. The van der Waals surface area contributed by atoms with Gasteiger partial charge in [-0.25, -0.2) is 13.2 Å². The molecule has 1 amide bonds. The van der Waals surface area contributed by atoms with E-state index in [0.717, 1.165) is 27.8 Å². The number of nitrogens with one attached hydrogen (secondary N) is 1. The maximum absolute atomic E-state index is 12.9. The minimum absolute atomic E-state index is 0.0872. The molecule has 0 spiro atoms. The summed E-state index contributed by atoms with van der Waals surface area (Å²) in [6.45, 7) is 12.2. The lowest BCUT2D eigenvalue weighted by Crippen LogP contribution is -2.40. The monoisotopic (exact) mass is 488 g/mol. The Kier molecular flexibility index (Phi) is 7.80. The Labute approximate surface area is 201 Å². The first-order valence-electron chi connectivity index (χ1n) is 11.2. The fraction of sp³-hybridized carbons (Fsp3) is 0.440. The summed E-state index contributed by atoms with van der Waals surface area (Å²) >= 11 is 0. The highest BCUT2D eigenvalue weighted by Crippen LogP contribution is 2.27. The maximum Gasteiger partial charge on any atom is 0.339 e. The number of morpholine rings is 1. The average molecular weight is 489 g/mol. The van der Waals surface area contributed by atoms with Crippen LogP contribution in [0.1, 0.15) is 43.7 Å². The molecule has 0 aromatic heterocycles. The molecule has 1 aliphatic heterocycles. The maximum atomic E-state index is 12.9. The molecule has 1 heterocycles. The summed E-state index contributed by atoms with van der Waals surface area (Å²) < 4.78 is 37.8. The Morgan fingerprint density at radius 2 is 1.50 bits per heavy atom. The minimum atomic E-state index is -3.70. The lowest BCUT2D eigenvalue weighted by Gasteiger charge is -2.26. The highest BCUT2D eigenvalue weighted by Gasteiger charge is 2.27. The number of carbonyl (C=O) groups excluding carboxylic acids is 2. The molecule has 3 rings (SSSR count). The first kappa shape index (κ1) is 25.9. The molecule has 1 fully saturated rings. The van der Waals surface area contributed by atoms with Gasteiger partial charge in [0.1, 0.15) is 0 Å². The topological polar surface area (TPSA) is 102 Å². The molecule has 9 heteroatoms. The SMILES string of the molecule is Cc1ccc(S(=O)(=O)N2CCOCC2)cc1NC(=O)COC(=O)c1c(C)c(C)c(C)c(C)c1C. The summed E-state index contributed by atoms with van der Waals surface area (Å²) in [6.07, 6.45) is 0. The molecule has 1 saturated heterocycles. The lowest BCUT2D eigenvalue weighted by molar-refractivity contribution is -0.119. The Morgan fingerprint density at radius 1 is 0.941 bits per heavy atom. The zero-order valence-electron chi connectivity index (χ0n) is 20.6. The van der Waals surface area contributed by atoms with E-state index < -0.39 is 28.5 Å². The van der Waals surface area contributed by atoms with Gasteiger partial charge in [-0.3, -0.25) is 4.79 Å². The molecule has 8 nitrogen and oxygen atoms in total. The predicted octanol–water partition coefficient (Wildman–Crippen LogP) is 3.35. The Bertz CT molecular complexity index is 1200. The van der Waals surface area contributed by atoms with Crippen LogP contribution in [0.25, 0.3) is 0 Å². The number of rotatable bonds is 6. The fourth-order valence-electron chi connectivity index (χ4n) is 4.03. The molecule has 1 aliphatic rings. The van der Waals surface area contributed by atoms with Gasteiger partial charge in [0.2, 0.25) is 10.0 Å². The number of nitrogens with zero attached hydrogens (tertiary/aromatic N) is 1. The van der Waals surface area contributed by atoms with Gasteiger partial charge in [-0.2, -0.15) is 4.31 Å². The van der Waals surface area contributed by atoms with E-state index in [1.165, 1.54) is 16.4 Å². The molecule has 2 aromatic rings. The number of hydrogen-bond donors (Lipinski definition) is 1. The van der Waals surface area contributed by atoms with Crippen LogP contribution in [-0.4, -0.2) is 57.5 Å². The van der Waals surface area contributed by atoms with Crippen molar-refractivity contribution in [3.63, 3.8) is 0 Å². The van der Waals surface area contributed by atoms with Crippen LogP contribution in [0.4, 0.5) is 5.69 Å². The van der Waals surface area contributed by atoms with Gasteiger partial charge in [-0.15, -0.1) is 0 Å². The molecule has 184 valence electrons. The second kappa shape index (κ2) is 10.2. The van der Waals surface area contributed by atoms with E-state index in [0.29, 0.717) is 30.0 Å². The molecule has 0 aliphatic carbocycles. The summed E-state index contributed by atoms with van der Waals surface area (Å²) in [5, 5.41) is 2.67. The van der Waals surface area contributed by atoms with Crippen molar-refractivity contribution >= 4 is 27.6 Å². The lowest BCUT2D eigenvalue weighted by atomic mass is 9.90. The predicted molar refractivity (Wildman–Crippen MR) is 130 cm³/mol. The molecule has 0 saturated carbocycles. The van der Waals surface area contributed by atoms with Crippen LogP contribution in [0.3, 0.4) is 0 Å². The van der Waals surface area contributed by atoms with Crippen LogP contribution in [0.2, 0.25) is 0 Å². The van der Waals surface area contributed by atoms with E-state index in [-0.39, 0.29) is 18.0 Å². The first-order valence-corrected chi connectivity index (χ1v) is 12.6. The van der Waals surface area contributed by atoms with Crippen LogP contribution in [0, 0.1) is 41.5 Å². The van der Waals surface area contributed by atoms with E-state index in [2.05, 4.69) is 5.32 Å². The Morgan fingerprint density at radius 3 is 2.09 bits per heavy atom. The molecule has 1 N–H and O–H groups in total. The summed E-state index contributed by atoms with van der Waals surface area (Å²) in [7, 11) is -3.70. The van der Waals surface area contributed by atoms with E-state index >= 15 is 0 Å². The highest BCUT2D eigenvalue weighted by atomic mass is 32.2. The van der Waals surface area contributed by atoms with Gasteiger partial charge in [-0.05, 0) is 87.1 Å². The standard InChI is InChI=1S/C25H32N2O6S/c1-15-7-8-21(34(30,31)27-9-11-32-12-10-27)13-22(15)26-23(28)14-33-25(29)24-19(5)17(3)16(2)18(4)20(24)6/h7-8,13H,9-12,14H2,1-6H3,(H,26,28). The van der Waals surface area contributed by atoms with Crippen LogP contribution < -0.4 is 5.32 Å². The van der Waals surface area contributed by atoms with Gasteiger partial charge in [0, 0.05) is 18.8 Å². The van der Waals surface area contributed by atoms with Crippen molar-refractivity contribution in [2.24, 2.45) is 0 Å². The van der Waals surface area contributed by atoms with Crippen molar-refractivity contribution < 1.29 is 27.5 Å². The molecule has 0 atom stereocenters. The number of hydrogen-bond acceptors (Lipinski definition) is 6. The number of carbonyl (C=O) groups is 2. The number of anilines is 1. The number of amides is 1. The van der Waals surface area contributed by atoms with Crippen molar-refractivity contribution in [1.82, 2.24) is 4.31 Å².